The average Bonchev–Trinajstić information content (AvgIpc) is 2.97. The number of amides is 1. The highest BCUT2D eigenvalue weighted by Gasteiger charge is 2.11. The van der Waals surface area contributed by atoms with Crippen molar-refractivity contribution in [1.29, 1.82) is 0 Å². The number of ether oxygens (including phenoxy) is 1. The SMILES string of the molecule is CCCCCC/C=C\C/C=C\C(CCCCCCC(=O)NCC(=O)O)OC(=O)CCCCCCCCCCCCCC. The first-order chi connectivity index (χ1) is 20.5. The van der Waals surface area contributed by atoms with Crippen molar-refractivity contribution in [2.24, 2.45) is 0 Å². The molecule has 1 atom stereocenters. The molecule has 0 rings (SSSR count). The molecule has 0 aromatic heterocycles. The number of aliphatic carboxylic acids is 1. The van der Waals surface area contributed by atoms with E-state index < -0.39 is 5.97 Å². The van der Waals surface area contributed by atoms with Crippen molar-refractivity contribution in [3.8, 4) is 0 Å². The highest BCUT2D eigenvalue weighted by Crippen LogP contribution is 2.15. The van der Waals surface area contributed by atoms with Crippen LogP contribution in [0.2, 0.25) is 0 Å². The summed E-state index contributed by atoms with van der Waals surface area (Å²) in [7, 11) is 0. The number of carbonyl (C=O) groups is 3. The molecule has 0 spiro atoms. The predicted octanol–water partition coefficient (Wildman–Crippen LogP) is 10.0. The molecule has 0 aliphatic rings. The molecule has 0 fully saturated rings. The van der Waals surface area contributed by atoms with Gasteiger partial charge in [0.2, 0.25) is 5.91 Å². The van der Waals surface area contributed by atoms with Crippen LogP contribution in [0.4, 0.5) is 0 Å². The number of carboxylic acid groups (broad SMARTS) is 1. The van der Waals surface area contributed by atoms with Crippen molar-refractivity contribution in [2.75, 3.05) is 6.54 Å². The van der Waals surface area contributed by atoms with Gasteiger partial charge in [0.15, 0.2) is 0 Å². The highest BCUT2D eigenvalue weighted by atomic mass is 16.5. The van der Waals surface area contributed by atoms with E-state index in [-0.39, 0.29) is 24.5 Å². The second kappa shape index (κ2) is 31.8. The molecule has 0 saturated heterocycles. The van der Waals surface area contributed by atoms with Crippen LogP contribution in [0.1, 0.15) is 174 Å². The third-order valence-corrected chi connectivity index (χ3v) is 7.61. The van der Waals surface area contributed by atoms with Crippen LogP contribution in [0.15, 0.2) is 24.3 Å². The third kappa shape index (κ3) is 30.8. The number of carboxylic acids is 1. The van der Waals surface area contributed by atoms with Gasteiger partial charge in [0, 0.05) is 12.8 Å². The van der Waals surface area contributed by atoms with E-state index in [0.717, 1.165) is 57.8 Å². The molecule has 0 bridgehead atoms. The number of esters is 1. The van der Waals surface area contributed by atoms with Gasteiger partial charge in [-0.15, -0.1) is 0 Å². The number of hydrogen-bond acceptors (Lipinski definition) is 4. The van der Waals surface area contributed by atoms with Gasteiger partial charge in [0.05, 0.1) is 0 Å². The maximum atomic E-state index is 12.6. The van der Waals surface area contributed by atoms with E-state index >= 15 is 0 Å². The fraction of sp³-hybridized carbons (Fsp3) is 0.806. The second-order valence-corrected chi connectivity index (χ2v) is 11.8. The number of allylic oxidation sites excluding steroid dienone is 3. The van der Waals surface area contributed by atoms with E-state index in [2.05, 4.69) is 37.4 Å². The molecule has 1 unspecified atom stereocenters. The van der Waals surface area contributed by atoms with Crippen LogP contribution in [0.3, 0.4) is 0 Å². The molecule has 42 heavy (non-hydrogen) atoms. The zero-order chi connectivity index (χ0) is 30.9. The maximum absolute atomic E-state index is 12.6. The number of unbranched alkanes of at least 4 members (excludes halogenated alkanes) is 18. The van der Waals surface area contributed by atoms with Gasteiger partial charge in [-0.05, 0) is 51.0 Å². The Kier molecular flexibility index (Phi) is 30.2. The largest absolute Gasteiger partial charge is 0.480 e. The number of rotatable bonds is 31. The monoisotopic (exact) mass is 591 g/mol. The van der Waals surface area contributed by atoms with Gasteiger partial charge in [-0.1, -0.05) is 135 Å². The Morgan fingerprint density at radius 1 is 0.643 bits per heavy atom. The molecular formula is C36H65NO5. The van der Waals surface area contributed by atoms with Crippen LogP contribution in [-0.2, 0) is 19.1 Å². The molecule has 0 aliphatic carbocycles. The summed E-state index contributed by atoms with van der Waals surface area (Å²) in [6, 6.07) is 0. The Bertz CT molecular complexity index is 703. The minimum absolute atomic E-state index is 0.0988. The Hall–Kier alpha value is -2.11. The Morgan fingerprint density at radius 2 is 1.17 bits per heavy atom. The van der Waals surface area contributed by atoms with Crippen LogP contribution in [0.5, 0.6) is 0 Å². The molecule has 6 nitrogen and oxygen atoms in total. The lowest BCUT2D eigenvalue weighted by atomic mass is 10.0. The molecule has 1 amide bonds. The first kappa shape index (κ1) is 39.9. The van der Waals surface area contributed by atoms with Gasteiger partial charge >= 0.3 is 11.9 Å². The van der Waals surface area contributed by atoms with Gasteiger partial charge in [0.1, 0.15) is 12.6 Å². The summed E-state index contributed by atoms with van der Waals surface area (Å²) in [6.07, 6.45) is 35.9. The van der Waals surface area contributed by atoms with Crippen LogP contribution < -0.4 is 5.32 Å². The molecular weight excluding hydrogens is 526 g/mol. The lowest BCUT2D eigenvalue weighted by molar-refractivity contribution is -0.147. The summed E-state index contributed by atoms with van der Waals surface area (Å²) >= 11 is 0. The van der Waals surface area contributed by atoms with Crippen LogP contribution >= 0.6 is 0 Å². The van der Waals surface area contributed by atoms with Crippen molar-refractivity contribution in [3.63, 3.8) is 0 Å². The van der Waals surface area contributed by atoms with E-state index in [0.29, 0.717) is 12.8 Å². The molecule has 0 saturated carbocycles. The van der Waals surface area contributed by atoms with Crippen molar-refractivity contribution < 1.29 is 24.2 Å². The zero-order valence-electron chi connectivity index (χ0n) is 27.4. The van der Waals surface area contributed by atoms with E-state index in [1.165, 1.54) is 89.9 Å². The number of carbonyl (C=O) groups excluding carboxylic acids is 2. The molecule has 0 radical (unpaired) electrons. The predicted molar refractivity (Wildman–Crippen MR) is 176 cm³/mol. The molecule has 244 valence electrons. The number of hydrogen-bond donors (Lipinski definition) is 2. The van der Waals surface area contributed by atoms with E-state index in [9.17, 15) is 14.4 Å². The fourth-order valence-electron chi connectivity index (χ4n) is 4.99. The minimum atomic E-state index is -1.03. The standard InChI is InChI=1S/C36H65NO5/c1-3-5-7-9-11-13-14-15-17-19-21-27-31-36(41)42-33(28-24-20-18-16-12-10-8-6-4-2)29-25-22-23-26-30-34(38)37-32-35(39)40/h16,18,24,28,33H,3-15,17,19-23,25-27,29-32H2,1-2H3,(H,37,38)(H,39,40)/b18-16-,28-24-. The van der Waals surface area contributed by atoms with Crippen LogP contribution in [-0.4, -0.2) is 35.6 Å². The highest BCUT2D eigenvalue weighted by molar-refractivity contribution is 5.80. The second-order valence-electron chi connectivity index (χ2n) is 11.8. The van der Waals surface area contributed by atoms with Crippen LogP contribution in [0.25, 0.3) is 0 Å². The smallest absolute Gasteiger partial charge is 0.322 e. The van der Waals surface area contributed by atoms with Gasteiger partial charge in [-0.3, -0.25) is 14.4 Å². The summed E-state index contributed by atoms with van der Waals surface area (Å²) in [5.74, 6) is -1.35. The molecule has 0 aliphatic heterocycles. The average molecular weight is 592 g/mol. The normalized spacial score (nSPS) is 12.2. The molecule has 0 aromatic rings. The van der Waals surface area contributed by atoms with Gasteiger partial charge in [0.25, 0.3) is 0 Å². The first-order valence-corrected chi connectivity index (χ1v) is 17.5. The van der Waals surface area contributed by atoms with Gasteiger partial charge < -0.3 is 15.2 Å². The van der Waals surface area contributed by atoms with Crippen molar-refractivity contribution >= 4 is 17.8 Å². The lowest BCUT2D eigenvalue weighted by Gasteiger charge is -2.14. The molecule has 6 heteroatoms. The summed E-state index contributed by atoms with van der Waals surface area (Å²) in [6.45, 7) is 4.16. The van der Waals surface area contributed by atoms with Gasteiger partial charge in [-0.2, -0.15) is 0 Å². The molecule has 2 N–H and O–H groups in total. The third-order valence-electron chi connectivity index (χ3n) is 7.61. The number of nitrogens with one attached hydrogen (secondary N) is 1. The molecule has 0 heterocycles. The van der Waals surface area contributed by atoms with E-state index in [1.807, 2.05) is 6.08 Å². The van der Waals surface area contributed by atoms with Crippen molar-refractivity contribution in [2.45, 2.75) is 180 Å². The maximum Gasteiger partial charge on any atom is 0.322 e. The Morgan fingerprint density at radius 3 is 1.76 bits per heavy atom. The Balaban J connectivity index is 4.25. The summed E-state index contributed by atoms with van der Waals surface area (Å²) < 4.78 is 5.85. The van der Waals surface area contributed by atoms with E-state index in [1.54, 1.807) is 0 Å². The Labute approximate surface area is 258 Å². The van der Waals surface area contributed by atoms with Crippen LogP contribution in [0, 0.1) is 0 Å². The van der Waals surface area contributed by atoms with Gasteiger partial charge in [-0.25, -0.2) is 0 Å². The topological polar surface area (TPSA) is 92.7 Å². The zero-order valence-corrected chi connectivity index (χ0v) is 27.4. The minimum Gasteiger partial charge on any atom is -0.480 e. The quantitative estimate of drug-likeness (QED) is 0.0475. The summed E-state index contributed by atoms with van der Waals surface area (Å²) in [5, 5.41) is 11.0. The lowest BCUT2D eigenvalue weighted by Crippen LogP contribution is -2.28. The molecule has 0 aromatic carbocycles. The van der Waals surface area contributed by atoms with Crippen molar-refractivity contribution in [3.05, 3.63) is 24.3 Å². The van der Waals surface area contributed by atoms with E-state index in [4.69, 9.17) is 9.84 Å². The summed E-state index contributed by atoms with van der Waals surface area (Å²) in [4.78, 5) is 34.7. The first-order valence-electron chi connectivity index (χ1n) is 17.5. The fourth-order valence-corrected chi connectivity index (χ4v) is 4.99. The summed E-state index contributed by atoms with van der Waals surface area (Å²) in [5.41, 5.74) is 0. The van der Waals surface area contributed by atoms with Crippen molar-refractivity contribution in [1.82, 2.24) is 5.32 Å².